The lowest BCUT2D eigenvalue weighted by Gasteiger charge is -2.22. The molecule has 3 aromatic heterocycles. The van der Waals surface area contributed by atoms with Gasteiger partial charge in [-0.05, 0) is 67.5 Å². The van der Waals surface area contributed by atoms with Gasteiger partial charge in [-0.3, -0.25) is 38.6 Å². The summed E-state index contributed by atoms with van der Waals surface area (Å²) < 4.78 is 21.8. The van der Waals surface area contributed by atoms with Crippen LogP contribution in [0, 0.1) is 24.1 Å². The quantitative estimate of drug-likeness (QED) is 0.185. The number of aryl methyl sites for hydroxylation is 1. The van der Waals surface area contributed by atoms with Gasteiger partial charge in [0.1, 0.15) is 29.7 Å². The van der Waals surface area contributed by atoms with Crippen LogP contribution in [0.2, 0.25) is 0 Å². The van der Waals surface area contributed by atoms with E-state index in [4.69, 9.17) is 9.72 Å². The second-order valence-corrected chi connectivity index (χ2v) is 15.7. The van der Waals surface area contributed by atoms with E-state index in [0.29, 0.717) is 41.0 Å². The second-order valence-electron chi connectivity index (χ2n) is 15.7. The molecule has 0 unspecified atom stereocenters. The molecule has 1 atom stereocenters. The van der Waals surface area contributed by atoms with Crippen LogP contribution < -0.4 is 14.5 Å². The summed E-state index contributed by atoms with van der Waals surface area (Å²) >= 11 is 0. The Kier molecular flexibility index (Phi) is 8.34. The van der Waals surface area contributed by atoms with Crippen molar-refractivity contribution < 1.29 is 37.9 Å². The van der Waals surface area contributed by atoms with Crippen LogP contribution in [0.25, 0.3) is 21.9 Å². The molecule has 6 aromatic rings. The van der Waals surface area contributed by atoms with Gasteiger partial charge in [0.15, 0.2) is 11.5 Å². The van der Waals surface area contributed by atoms with E-state index in [1.165, 1.54) is 48.6 Å². The number of halogens is 1. The molecule has 10 rings (SSSR count). The maximum atomic E-state index is 15.7. The van der Waals surface area contributed by atoms with E-state index < -0.39 is 41.9 Å². The number of hydrogen-bond donors (Lipinski definition) is 1. The minimum atomic E-state index is -0.668. The predicted molar refractivity (Wildman–Crippen MR) is 212 cm³/mol. The van der Waals surface area contributed by atoms with Crippen LogP contribution in [0.1, 0.15) is 66.5 Å². The molecule has 1 saturated carbocycles. The number of carbonyl (C=O) groups is 6. The van der Waals surface area contributed by atoms with Crippen LogP contribution in [-0.4, -0.2) is 103 Å². The molecule has 1 saturated heterocycles. The Hall–Kier alpha value is -7.43. The number of likely N-dealkylation sites (N-methyl/N-ethyl adjacent to an activating group) is 1. The van der Waals surface area contributed by atoms with Crippen molar-refractivity contribution in [1.82, 2.24) is 34.7 Å². The molecule has 4 aliphatic rings. The lowest BCUT2D eigenvalue weighted by atomic mass is 9.88. The topological polar surface area (TPSA) is 192 Å². The number of nitrogens with zero attached hydrogens (tertiary/aromatic N) is 8. The normalized spacial score (nSPS) is 17.6. The Bertz CT molecular complexity index is 2820. The maximum Gasteiger partial charge on any atom is 0.326 e. The largest absolute Gasteiger partial charge is 0.421 e. The highest BCUT2D eigenvalue weighted by atomic mass is 19.1. The van der Waals surface area contributed by atoms with Gasteiger partial charge in [-0.2, -0.15) is 9.97 Å². The SMILES string of the molecule is Cc1ncc(Oc2nc(N3C[C@H](CC(=O)CN4C(=O)c5ccccc5C4=O)C4(CC4)C3)c3c(n2)[nH]c2c(N(C)C(=O)CN4C(=O)c5ccccc5C4=O)cc(F)cc23)cn1. The minimum absolute atomic E-state index is 0.0661. The van der Waals surface area contributed by atoms with Gasteiger partial charge in [0, 0.05) is 31.9 Å². The number of aromatic amines is 1. The molecule has 16 nitrogen and oxygen atoms in total. The number of H-pyrrole nitrogens is 1. The first-order valence-electron chi connectivity index (χ1n) is 19.3. The summed E-state index contributed by atoms with van der Waals surface area (Å²) in [5.74, 6) is -2.69. The first-order valence-corrected chi connectivity index (χ1v) is 19.3. The number of carbonyl (C=O) groups excluding carboxylic acids is 6. The number of aromatic nitrogens is 5. The van der Waals surface area contributed by atoms with Crippen molar-refractivity contribution >= 4 is 68.8 Å². The van der Waals surface area contributed by atoms with Crippen molar-refractivity contribution in [2.45, 2.75) is 26.2 Å². The fourth-order valence-corrected chi connectivity index (χ4v) is 8.74. The van der Waals surface area contributed by atoms with E-state index in [-0.39, 0.29) is 75.4 Å². The minimum Gasteiger partial charge on any atom is -0.421 e. The highest BCUT2D eigenvalue weighted by Gasteiger charge is 2.56. The van der Waals surface area contributed by atoms with E-state index in [0.717, 1.165) is 22.6 Å². The molecule has 1 aliphatic carbocycles. The van der Waals surface area contributed by atoms with Gasteiger partial charge in [0.05, 0.1) is 57.8 Å². The van der Waals surface area contributed by atoms with Gasteiger partial charge in [-0.25, -0.2) is 14.4 Å². The number of imide groups is 2. The van der Waals surface area contributed by atoms with Gasteiger partial charge < -0.3 is 19.5 Å². The van der Waals surface area contributed by atoms with E-state index in [1.54, 1.807) is 43.3 Å². The third-order valence-electron chi connectivity index (χ3n) is 12.0. The number of benzene rings is 3. The molecule has 6 heterocycles. The fourth-order valence-electron chi connectivity index (χ4n) is 8.74. The van der Waals surface area contributed by atoms with Crippen LogP contribution >= 0.6 is 0 Å². The van der Waals surface area contributed by atoms with E-state index in [2.05, 4.69) is 19.9 Å². The van der Waals surface area contributed by atoms with Gasteiger partial charge in [0.25, 0.3) is 23.6 Å². The number of nitrogens with one attached hydrogen (secondary N) is 1. The zero-order valence-corrected chi connectivity index (χ0v) is 32.3. The number of anilines is 2. The summed E-state index contributed by atoms with van der Waals surface area (Å²) in [6, 6.07) is 15.3. The highest BCUT2D eigenvalue weighted by Crippen LogP contribution is 2.58. The molecule has 5 amide bonds. The van der Waals surface area contributed by atoms with Crippen molar-refractivity contribution in [3.05, 3.63) is 107 Å². The zero-order valence-electron chi connectivity index (χ0n) is 32.3. The second kappa shape index (κ2) is 13.6. The van der Waals surface area contributed by atoms with Gasteiger partial charge in [-0.15, -0.1) is 0 Å². The van der Waals surface area contributed by atoms with Crippen LogP contribution in [-0.2, 0) is 9.59 Å². The number of Topliss-reactive ketones (excluding diaryl/α,β-unsaturated/α-hetero) is 1. The third kappa shape index (κ3) is 5.95. The summed E-state index contributed by atoms with van der Waals surface area (Å²) in [6.07, 6.45) is 4.77. The lowest BCUT2D eigenvalue weighted by molar-refractivity contribution is -0.120. The average Bonchev–Trinajstić information content (AvgIpc) is 3.62. The Morgan fingerprint density at radius 3 is 2.03 bits per heavy atom. The molecule has 2 fully saturated rings. The van der Waals surface area contributed by atoms with Crippen molar-refractivity contribution in [2.75, 3.05) is 43.0 Å². The average molecular weight is 808 g/mol. The van der Waals surface area contributed by atoms with Crippen LogP contribution in [0.15, 0.2) is 73.1 Å². The van der Waals surface area contributed by atoms with Crippen molar-refractivity contribution in [2.24, 2.45) is 11.3 Å². The number of ether oxygens (including phenoxy) is 1. The van der Waals surface area contributed by atoms with Crippen molar-refractivity contribution in [3.63, 3.8) is 0 Å². The van der Waals surface area contributed by atoms with Gasteiger partial charge in [0.2, 0.25) is 5.91 Å². The number of amides is 5. The van der Waals surface area contributed by atoms with Crippen LogP contribution in [0.4, 0.5) is 15.9 Å². The highest BCUT2D eigenvalue weighted by molar-refractivity contribution is 6.24. The summed E-state index contributed by atoms with van der Waals surface area (Å²) in [5, 5.41) is 0.795. The molecular weight excluding hydrogens is 774 g/mol. The Morgan fingerprint density at radius 2 is 1.45 bits per heavy atom. The molecule has 60 heavy (non-hydrogen) atoms. The number of ketones is 1. The molecular formula is C43H34FN9O7. The fraction of sp³-hybridized carbons (Fsp3) is 0.256. The van der Waals surface area contributed by atoms with E-state index >= 15 is 4.39 Å². The van der Waals surface area contributed by atoms with Crippen LogP contribution in [0.5, 0.6) is 11.8 Å². The molecule has 17 heteroatoms. The zero-order chi connectivity index (χ0) is 41.6. The van der Waals surface area contributed by atoms with E-state index in [1.807, 2.05) is 4.90 Å². The standard InChI is InChI=1S/C43H34FN9O7/c1-22-45-16-26(17-46-22)60-42-48-36-34(31-14-24(44)15-32(35(31)47-36)50(2)33(55)20-53-40(58)29-9-5-6-10-30(29)41(53)59)37(49-42)51-18-23(43(21-51)11-12-43)13-25(54)19-52-38(56)27-7-3-4-8-28(27)39(52)57/h3-10,14-17,23H,11-13,18-21H2,1-2H3,(H,47,48,49)/t23-/m0/s1. The predicted octanol–water partition coefficient (Wildman–Crippen LogP) is 4.87. The molecule has 1 spiro atoms. The smallest absolute Gasteiger partial charge is 0.326 e. The summed E-state index contributed by atoms with van der Waals surface area (Å²) in [5.41, 5.74) is 1.45. The third-order valence-corrected chi connectivity index (χ3v) is 12.0. The van der Waals surface area contributed by atoms with Gasteiger partial charge in [-0.1, -0.05) is 24.3 Å². The Morgan fingerprint density at radius 1 is 0.867 bits per heavy atom. The van der Waals surface area contributed by atoms with Gasteiger partial charge >= 0.3 is 6.01 Å². The maximum absolute atomic E-state index is 15.7. The molecule has 3 aliphatic heterocycles. The summed E-state index contributed by atoms with van der Waals surface area (Å²) in [4.78, 5) is 106. The summed E-state index contributed by atoms with van der Waals surface area (Å²) in [6.45, 7) is 1.70. The first-order chi connectivity index (χ1) is 28.9. The molecule has 1 N–H and O–H groups in total. The van der Waals surface area contributed by atoms with Crippen LogP contribution in [0.3, 0.4) is 0 Å². The number of rotatable bonds is 10. The number of hydrogen-bond acceptors (Lipinski definition) is 12. The lowest BCUT2D eigenvalue weighted by Crippen LogP contribution is -2.41. The van der Waals surface area contributed by atoms with Crippen molar-refractivity contribution in [1.29, 1.82) is 0 Å². The molecule has 3 aromatic carbocycles. The summed E-state index contributed by atoms with van der Waals surface area (Å²) in [7, 11) is 1.43. The molecule has 0 radical (unpaired) electrons. The number of fused-ring (bicyclic) bond motifs is 5. The Balaban J connectivity index is 0.981. The molecule has 0 bridgehead atoms. The monoisotopic (exact) mass is 807 g/mol. The first kappa shape index (κ1) is 36.9. The Labute approximate surface area is 340 Å². The van der Waals surface area contributed by atoms with Crippen molar-refractivity contribution in [3.8, 4) is 11.8 Å². The van der Waals surface area contributed by atoms with E-state index in [9.17, 15) is 28.8 Å². The molecule has 300 valence electrons.